The number of hydrogen-bond donors (Lipinski definition) is 1. The van der Waals surface area contributed by atoms with Crippen LogP contribution >= 0.6 is 15.9 Å². The van der Waals surface area contributed by atoms with Crippen LogP contribution in [0, 0.1) is 11.6 Å². The molecule has 0 fully saturated rings. The molecule has 0 aromatic heterocycles. The summed E-state index contributed by atoms with van der Waals surface area (Å²) in [7, 11) is 0. The van der Waals surface area contributed by atoms with Gasteiger partial charge < -0.3 is 5.73 Å². The topological polar surface area (TPSA) is 26.0 Å². The van der Waals surface area contributed by atoms with Gasteiger partial charge in [-0.1, -0.05) is 46.3 Å². The quantitative estimate of drug-likeness (QED) is 0.908. The third kappa shape index (κ3) is 3.61. The molecule has 0 heterocycles. The number of hydrogen-bond acceptors (Lipinski definition) is 1. The molecule has 0 bridgehead atoms. The fourth-order valence-electron chi connectivity index (χ4n) is 2.01. The van der Waals surface area contributed by atoms with E-state index in [4.69, 9.17) is 5.73 Å². The van der Waals surface area contributed by atoms with E-state index in [-0.39, 0.29) is 6.04 Å². The summed E-state index contributed by atoms with van der Waals surface area (Å²) in [5.41, 5.74) is 7.40. The second-order valence-electron chi connectivity index (χ2n) is 4.47. The van der Waals surface area contributed by atoms with Crippen LogP contribution in [0.5, 0.6) is 0 Å². The standard InChI is InChI=1S/C15H14BrF2N/c16-13-6-2-1-4-10(13)8-12(19)9-11-5-3-7-14(17)15(11)18/h1-7,12H,8-9,19H2. The van der Waals surface area contributed by atoms with Gasteiger partial charge in [0.2, 0.25) is 0 Å². The highest BCUT2D eigenvalue weighted by molar-refractivity contribution is 9.10. The molecule has 0 radical (unpaired) electrons. The SMILES string of the molecule is NC(Cc1ccccc1Br)Cc1cccc(F)c1F. The lowest BCUT2D eigenvalue weighted by atomic mass is 9.99. The van der Waals surface area contributed by atoms with Crippen LogP contribution in [0.1, 0.15) is 11.1 Å². The molecule has 2 aromatic carbocycles. The molecule has 0 spiro atoms. The van der Waals surface area contributed by atoms with Crippen molar-refractivity contribution in [3.8, 4) is 0 Å². The molecule has 0 aliphatic rings. The van der Waals surface area contributed by atoms with E-state index in [1.165, 1.54) is 6.07 Å². The van der Waals surface area contributed by atoms with Crippen molar-refractivity contribution < 1.29 is 8.78 Å². The van der Waals surface area contributed by atoms with Gasteiger partial charge in [0.25, 0.3) is 0 Å². The maximum absolute atomic E-state index is 13.5. The Morgan fingerprint density at radius 1 is 0.947 bits per heavy atom. The van der Waals surface area contributed by atoms with Crippen LogP contribution < -0.4 is 5.73 Å². The summed E-state index contributed by atoms with van der Waals surface area (Å²) in [5.74, 6) is -1.63. The van der Waals surface area contributed by atoms with Gasteiger partial charge in [-0.2, -0.15) is 0 Å². The molecule has 0 aliphatic heterocycles. The smallest absolute Gasteiger partial charge is 0.162 e. The molecule has 1 nitrogen and oxygen atoms in total. The second-order valence-corrected chi connectivity index (χ2v) is 5.33. The molecule has 1 atom stereocenters. The largest absolute Gasteiger partial charge is 0.327 e. The van der Waals surface area contributed by atoms with Crippen molar-refractivity contribution in [2.45, 2.75) is 18.9 Å². The molecular formula is C15H14BrF2N. The zero-order valence-electron chi connectivity index (χ0n) is 10.2. The van der Waals surface area contributed by atoms with Gasteiger partial charge in [-0.3, -0.25) is 0 Å². The van der Waals surface area contributed by atoms with E-state index < -0.39 is 11.6 Å². The van der Waals surface area contributed by atoms with Crippen molar-refractivity contribution >= 4 is 15.9 Å². The molecule has 2 N–H and O–H groups in total. The third-order valence-electron chi connectivity index (χ3n) is 2.95. The van der Waals surface area contributed by atoms with Gasteiger partial charge in [0.05, 0.1) is 0 Å². The van der Waals surface area contributed by atoms with Crippen LogP contribution in [0.4, 0.5) is 8.78 Å². The van der Waals surface area contributed by atoms with Gasteiger partial charge in [0.15, 0.2) is 11.6 Å². The van der Waals surface area contributed by atoms with E-state index in [1.54, 1.807) is 6.07 Å². The van der Waals surface area contributed by atoms with Crippen molar-refractivity contribution in [1.82, 2.24) is 0 Å². The lowest BCUT2D eigenvalue weighted by molar-refractivity contribution is 0.492. The van der Waals surface area contributed by atoms with E-state index in [9.17, 15) is 8.78 Å². The zero-order valence-corrected chi connectivity index (χ0v) is 11.8. The Labute approximate surface area is 119 Å². The molecule has 0 saturated heterocycles. The monoisotopic (exact) mass is 325 g/mol. The number of rotatable bonds is 4. The molecular weight excluding hydrogens is 312 g/mol. The highest BCUT2D eigenvalue weighted by atomic mass is 79.9. The maximum Gasteiger partial charge on any atom is 0.162 e. The summed E-state index contributed by atoms with van der Waals surface area (Å²) < 4.78 is 27.6. The first-order chi connectivity index (χ1) is 9.08. The first-order valence-electron chi connectivity index (χ1n) is 6.00. The predicted molar refractivity (Wildman–Crippen MR) is 75.9 cm³/mol. The minimum atomic E-state index is -0.828. The van der Waals surface area contributed by atoms with Crippen LogP contribution in [0.2, 0.25) is 0 Å². The Morgan fingerprint density at radius 3 is 2.32 bits per heavy atom. The van der Waals surface area contributed by atoms with Crippen LogP contribution in [0.15, 0.2) is 46.9 Å². The molecule has 4 heteroatoms. The van der Waals surface area contributed by atoms with Crippen molar-refractivity contribution in [3.63, 3.8) is 0 Å². The average molecular weight is 326 g/mol. The van der Waals surface area contributed by atoms with Gasteiger partial charge in [-0.15, -0.1) is 0 Å². The Morgan fingerprint density at radius 2 is 1.58 bits per heavy atom. The first-order valence-corrected chi connectivity index (χ1v) is 6.79. The Bertz CT molecular complexity index is 572. The van der Waals surface area contributed by atoms with Gasteiger partial charge >= 0.3 is 0 Å². The van der Waals surface area contributed by atoms with Gasteiger partial charge in [-0.25, -0.2) is 8.78 Å². The highest BCUT2D eigenvalue weighted by Crippen LogP contribution is 2.19. The third-order valence-corrected chi connectivity index (χ3v) is 3.73. The first kappa shape index (κ1) is 14.2. The Kier molecular flexibility index (Phi) is 4.66. The summed E-state index contributed by atoms with van der Waals surface area (Å²) in [6.07, 6.45) is 0.919. The van der Waals surface area contributed by atoms with Gasteiger partial charge in [-0.05, 0) is 36.1 Å². The van der Waals surface area contributed by atoms with E-state index in [1.807, 2.05) is 24.3 Å². The fraction of sp³-hybridized carbons (Fsp3) is 0.200. The second kappa shape index (κ2) is 6.26. The summed E-state index contributed by atoms with van der Waals surface area (Å²) in [4.78, 5) is 0. The lowest BCUT2D eigenvalue weighted by Gasteiger charge is -2.13. The number of nitrogens with two attached hydrogens (primary N) is 1. The zero-order chi connectivity index (χ0) is 13.8. The molecule has 19 heavy (non-hydrogen) atoms. The molecule has 0 aliphatic carbocycles. The van der Waals surface area contributed by atoms with E-state index in [2.05, 4.69) is 15.9 Å². The van der Waals surface area contributed by atoms with Crippen molar-refractivity contribution in [1.29, 1.82) is 0 Å². The van der Waals surface area contributed by atoms with Crippen LogP contribution in [-0.4, -0.2) is 6.04 Å². The minimum absolute atomic E-state index is 0.255. The highest BCUT2D eigenvalue weighted by Gasteiger charge is 2.13. The lowest BCUT2D eigenvalue weighted by Crippen LogP contribution is -2.26. The predicted octanol–water partition coefficient (Wildman–Crippen LogP) is 3.84. The molecule has 2 rings (SSSR count). The number of benzene rings is 2. The summed E-state index contributed by atoms with van der Waals surface area (Å²) in [6, 6.07) is 11.7. The molecule has 2 aromatic rings. The maximum atomic E-state index is 13.5. The van der Waals surface area contributed by atoms with Gasteiger partial charge in [0.1, 0.15) is 0 Å². The van der Waals surface area contributed by atoms with E-state index in [0.717, 1.165) is 16.1 Å². The van der Waals surface area contributed by atoms with E-state index in [0.29, 0.717) is 18.4 Å². The van der Waals surface area contributed by atoms with Crippen molar-refractivity contribution in [2.75, 3.05) is 0 Å². The Balaban J connectivity index is 2.08. The van der Waals surface area contributed by atoms with E-state index >= 15 is 0 Å². The Hall–Kier alpha value is -1.26. The van der Waals surface area contributed by atoms with Crippen LogP contribution in [0.25, 0.3) is 0 Å². The number of halogens is 3. The molecule has 100 valence electrons. The van der Waals surface area contributed by atoms with Crippen molar-refractivity contribution in [3.05, 3.63) is 69.7 Å². The minimum Gasteiger partial charge on any atom is -0.327 e. The summed E-state index contributed by atoms with van der Waals surface area (Å²) >= 11 is 3.45. The van der Waals surface area contributed by atoms with Crippen LogP contribution in [0.3, 0.4) is 0 Å². The summed E-state index contributed by atoms with van der Waals surface area (Å²) in [6.45, 7) is 0. The van der Waals surface area contributed by atoms with Gasteiger partial charge in [0, 0.05) is 10.5 Å². The average Bonchev–Trinajstić information content (AvgIpc) is 2.38. The van der Waals surface area contributed by atoms with Crippen molar-refractivity contribution in [2.24, 2.45) is 5.73 Å². The summed E-state index contributed by atoms with van der Waals surface area (Å²) in [5, 5.41) is 0. The van der Waals surface area contributed by atoms with Crippen LogP contribution in [-0.2, 0) is 12.8 Å². The normalized spacial score (nSPS) is 12.4. The fourth-order valence-corrected chi connectivity index (χ4v) is 2.45. The molecule has 1 unspecified atom stereocenters. The molecule has 0 amide bonds. The molecule has 0 saturated carbocycles.